The average molecular weight is 169 g/mol. The van der Waals surface area contributed by atoms with Crippen LogP contribution in [0.2, 0.25) is 0 Å². The Balaban J connectivity index is 2.48. The Morgan fingerprint density at radius 1 is 1.50 bits per heavy atom. The van der Waals surface area contributed by atoms with Crippen molar-refractivity contribution in [3.8, 4) is 0 Å². The molecular formula is C7H11ClF2. The first-order valence-corrected chi connectivity index (χ1v) is 3.83. The minimum atomic E-state index is -2.24. The molecule has 10 heavy (non-hydrogen) atoms. The number of halogens is 3. The minimum absolute atomic E-state index is 0.160. The van der Waals surface area contributed by atoms with E-state index in [4.69, 9.17) is 11.6 Å². The van der Waals surface area contributed by atoms with Gasteiger partial charge in [-0.3, -0.25) is 0 Å². The lowest BCUT2D eigenvalue weighted by Gasteiger charge is -2.12. The third-order valence-electron chi connectivity index (χ3n) is 2.25. The van der Waals surface area contributed by atoms with Gasteiger partial charge >= 0.3 is 0 Å². The molecule has 3 heteroatoms. The molecule has 0 aromatic heterocycles. The van der Waals surface area contributed by atoms with Crippen molar-refractivity contribution in [2.24, 2.45) is 11.8 Å². The molecule has 0 amide bonds. The third kappa shape index (κ3) is 1.14. The van der Waals surface area contributed by atoms with E-state index in [1.54, 1.807) is 0 Å². The molecule has 0 radical (unpaired) electrons. The van der Waals surface area contributed by atoms with Gasteiger partial charge in [0.1, 0.15) is 0 Å². The standard InChI is InChI=1S/C7H11ClF2/c1-4(2)7(8)3-5(7)6(9)10/h4-6H,3H2,1-2H3. The highest BCUT2D eigenvalue weighted by Gasteiger charge is 2.59. The van der Waals surface area contributed by atoms with Gasteiger partial charge in [-0.1, -0.05) is 13.8 Å². The fourth-order valence-electron chi connectivity index (χ4n) is 1.24. The van der Waals surface area contributed by atoms with Gasteiger partial charge in [-0.25, -0.2) is 8.78 Å². The van der Waals surface area contributed by atoms with E-state index in [0.717, 1.165) is 0 Å². The maximum Gasteiger partial charge on any atom is 0.243 e. The van der Waals surface area contributed by atoms with Gasteiger partial charge in [0.15, 0.2) is 0 Å². The summed E-state index contributed by atoms with van der Waals surface area (Å²) in [5.41, 5.74) is 0. The molecule has 0 heterocycles. The zero-order chi connectivity index (χ0) is 7.94. The molecule has 0 aromatic carbocycles. The maximum absolute atomic E-state index is 12.0. The number of hydrogen-bond acceptors (Lipinski definition) is 0. The molecule has 60 valence electrons. The zero-order valence-corrected chi connectivity index (χ0v) is 6.83. The van der Waals surface area contributed by atoms with E-state index in [1.165, 1.54) is 0 Å². The van der Waals surface area contributed by atoms with Crippen molar-refractivity contribution < 1.29 is 8.78 Å². The Morgan fingerprint density at radius 3 is 2.10 bits per heavy atom. The van der Waals surface area contributed by atoms with Crippen molar-refractivity contribution in [3.05, 3.63) is 0 Å². The van der Waals surface area contributed by atoms with Gasteiger partial charge in [0, 0.05) is 5.92 Å². The van der Waals surface area contributed by atoms with Crippen LogP contribution in [-0.2, 0) is 0 Å². The van der Waals surface area contributed by atoms with Gasteiger partial charge in [-0.05, 0) is 12.3 Å². The number of rotatable bonds is 2. The Labute approximate surface area is 64.6 Å². The van der Waals surface area contributed by atoms with Crippen LogP contribution in [0, 0.1) is 11.8 Å². The Bertz CT molecular complexity index is 136. The van der Waals surface area contributed by atoms with Crippen molar-refractivity contribution >= 4 is 11.6 Å². The summed E-state index contributed by atoms with van der Waals surface area (Å²) in [5, 5.41) is 0. The second-order valence-corrected chi connectivity index (χ2v) is 3.93. The van der Waals surface area contributed by atoms with Crippen molar-refractivity contribution in [2.75, 3.05) is 0 Å². The molecule has 2 unspecified atom stereocenters. The van der Waals surface area contributed by atoms with Gasteiger partial charge < -0.3 is 0 Å². The highest BCUT2D eigenvalue weighted by Crippen LogP contribution is 2.57. The summed E-state index contributed by atoms with van der Waals surface area (Å²) in [6.45, 7) is 3.77. The molecule has 1 aliphatic rings. The predicted octanol–water partition coefficient (Wildman–Crippen LogP) is 2.91. The van der Waals surface area contributed by atoms with Crippen LogP contribution in [0.15, 0.2) is 0 Å². The summed E-state index contributed by atoms with van der Waals surface area (Å²) in [4.78, 5) is -0.589. The maximum atomic E-state index is 12.0. The molecule has 0 N–H and O–H groups in total. The molecule has 0 nitrogen and oxygen atoms in total. The molecule has 1 saturated carbocycles. The van der Waals surface area contributed by atoms with Gasteiger partial charge in [0.25, 0.3) is 0 Å². The van der Waals surface area contributed by atoms with Gasteiger partial charge in [-0.15, -0.1) is 11.6 Å². The highest BCUT2D eigenvalue weighted by atomic mass is 35.5. The van der Waals surface area contributed by atoms with E-state index < -0.39 is 17.2 Å². The molecule has 0 spiro atoms. The summed E-state index contributed by atoms with van der Waals surface area (Å²) >= 11 is 5.86. The minimum Gasteiger partial charge on any atom is -0.210 e. The van der Waals surface area contributed by atoms with E-state index in [-0.39, 0.29) is 5.92 Å². The van der Waals surface area contributed by atoms with E-state index >= 15 is 0 Å². The van der Waals surface area contributed by atoms with Crippen LogP contribution < -0.4 is 0 Å². The second kappa shape index (κ2) is 2.33. The lowest BCUT2D eigenvalue weighted by Crippen LogP contribution is -2.15. The topological polar surface area (TPSA) is 0 Å². The molecule has 0 aliphatic heterocycles. The summed E-state index contributed by atoms with van der Waals surface area (Å²) < 4.78 is 24.0. The van der Waals surface area contributed by atoms with Crippen LogP contribution in [0.5, 0.6) is 0 Å². The smallest absolute Gasteiger partial charge is 0.210 e. The Morgan fingerprint density at radius 2 is 2.00 bits per heavy atom. The van der Waals surface area contributed by atoms with E-state index in [2.05, 4.69) is 0 Å². The van der Waals surface area contributed by atoms with E-state index in [9.17, 15) is 8.78 Å². The van der Waals surface area contributed by atoms with Gasteiger partial charge in [0.05, 0.1) is 4.87 Å². The normalized spacial score (nSPS) is 39.3. The summed E-state index contributed by atoms with van der Waals surface area (Å²) in [5.74, 6) is -0.401. The molecule has 1 rings (SSSR count). The predicted molar refractivity (Wildman–Crippen MR) is 37.5 cm³/mol. The second-order valence-electron chi connectivity index (χ2n) is 3.23. The Hall–Kier alpha value is 0.150. The molecule has 2 atom stereocenters. The van der Waals surface area contributed by atoms with Crippen molar-refractivity contribution in [1.82, 2.24) is 0 Å². The van der Waals surface area contributed by atoms with Crippen LogP contribution in [0.4, 0.5) is 8.78 Å². The van der Waals surface area contributed by atoms with E-state index in [0.29, 0.717) is 6.42 Å². The quantitative estimate of drug-likeness (QED) is 0.557. The molecule has 1 aliphatic carbocycles. The van der Waals surface area contributed by atoms with Crippen molar-refractivity contribution in [3.63, 3.8) is 0 Å². The first-order valence-electron chi connectivity index (χ1n) is 3.45. The lowest BCUT2D eigenvalue weighted by atomic mass is 10.1. The number of alkyl halides is 3. The molecule has 1 fully saturated rings. The largest absolute Gasteiger partial charge is 0.243 e. The monoisotopic (exact) mass is 168 g/mol. The van der Waals surface area contributed by atoms with Crippen LogP contribution in [0.25, 0.3) is 0 Å². The number of hydrogen-bond donors (Lipinski definition) is 0. The average Bonchev–Trinajstić information content (AvgIpc) is 2.43. The van der Waals surface area contributed by atoms with Gasteiger partial charge in [0.2, 0.25) is 6.43 Å². The SMILES string of the molecule is CC(C)C1(Cl)CC1C(F)F. The fraction of sp³-hybridized carbons (Fsp3) is 1.00. The van der Waals surface area contributed by atoms with Gasteiger partial charge in [-0.2, -0.15) is 0 Å². The van der Waals surface area contributed by atoms with E-state index in [1.807, 2.05) is 13.8 Å². The summed E-state index contributed by atoms with van der Waals surface area (Å²) in [6, 6.07) is 0. The summed E-state index contributed by atoms with van der Waals surface area (Å²) in [7, 11) is 0. The fourth-order valence-corrected chi connectivity index (χ4v) is 1.50. The van der Waals surface area contributed by atoms with Crippen LogP contribution in [-0.4, -0.2) is 11.3 Å². The highest BCUT2D eigenvalue weighted by molar-refractivity contribution is 6.26. The van der Waals surface area contributed by atoms with Crippen LogP contribution in [0.3, 0.4) is 0 Å². The Kier molecular flexibility index (Phi) is 1.92. The van der Waals surface area contributed by atoms with Crippen LogP contribution in [0.1, 0.15) is 20.3 Å². The van der Waals surface area contributed by atoms with Crippen LogP contribution >= 0.6 is 11.6 Å². The van der Waals surface area contributed by atoms with Crippen molar-refractivity contribution in [2.45, 2.75) is 31.6 Å². The molecule has 0 saturated heterocycles. The molecule has 0 aromatic rings. The lowest BCUT2D eigenvalue weighted by molar-refractivity contribution is 0.115. The first kappa shape index (κ1) is 8.25. The van der Waals surface area contributed by atoms with Crippen molar-refractivity contribution in [1.29, 1.82) is 0 Å². The molecular weight excluding hydrogens is 158 g/mol. The third-order valence-corrected chi connectivity index (χ3v) is 3.12. The zero-order valence-electron chi connectivity index (χ0n) is 6.07. The first-order chi connectivity index (χ1) is 4.48. The summed E-state index contributed by atoms with van der Waals surface area (Å²) in [6.07, 6.45) is -1.76. The molecule has 0 bridgehead atoms.